The van der Waals surface area contributed by atoms with Gasteiger partial charge in [-0.2, -0.15) is 0 Å². The summed E-state index contributed by atoms with van der Waals surface area (Å²) < 4.78 is 0. The Morgan fingerprint density at radius 1 is 1.16 bits per heavy atom. The van der Waals surface area contributed by atoms with Gasteiger partial charge in [-0.1, -0.05) is 38.1 Å². The third kappa shape index (κ3) is 3.90. The predicted octanol–water partition coefficient (Wildman–Crippen LogP) is 4.11. The summed E-state index contributed by atoms with van der Waals surface area (Å²) in [5, 5.41) is 2.94. The molecule has 1 heterocycles. The minimum atomic E-state index is -0.321. The molecule has 2 aromatic carbocycles. The molecule has 0 unspecified atom stereocenters. The maximum atomic E-state index is 12.5. The van der Waals surface area contributed by atoms with Gasteiger partial charge in [0.1, 0.15) is 0 Å². The van der Waals surface area contributed by atoms with Crippen LogP contribution in [-0.2, 0) is 9.59 Å². The van der Waals surface area contributed by atoms with Crippen LogP contribution in [0, 0.1) is 12.8 Å². The van der Waals surface area contributed by atoms with Gasteiger partial charge in [0.05, 0.1) is 5.92 Å². The highest BCUT2D eigenvalue weighted by molar-refractivity contribution is 6.03. The van der Waals surface area contributed by atoms with E-state index in [0.29, 0.717) is 12.5 Å². The van der Waals surface area contributed by atoms with Gasteiger partial charge >= 0.3 is 0 Å². The van der Waals surface area contributed by atoms with Gasteiger partial charge in [-0.15, -0.1) is 0 Å². The number of carbonyl (C=O) groups excluding carboxylic acids is 2. The first-order valence-corrected chi connectivity index (χ1v) is 8.72. The summed E-state index contributed by atoms with van der Waals surface area (Å²) in [6.45, 7) is 6.70. The molecule has 1 fully saturated rings. The lowest BCUT2D eigenvalue weighted by molar-refractivity contribution is -0.122. The normalized spacial score (nSPS) is 17.2. The van der Waals surface area contributed by atoms with Crippen molar-refractivity contribution in [2.75, 3.05) is 16.8 Å². The lowest BCUT2D eigenvalue weighted by Crippen LogP contribution is -2.28. The molecule has 130 valence electrons. The van der Waals surface area contributed by atoms with E-state index in [1.165, 1.54) is 5.56 Å². The first-order chi connectivity index (χ1) is 11.9. The second-order valence-electron chi connectivity index (χ2n) is 7.01. The summed E-state index contributed by atoms with van der Waals surface area (Å²) in [7, 11) is 0. The van der Waals surface area contributed by atoms with Gasteiger partial charge in [-0.3, -0.25) is 9.59 Å². The summed E-state index contributed by atoms with van der Waals surface area (Å²) in [6.07, 6.45) is 0.254. The zero-order valence-corrected chi connectivity index (χ0v) is 15.0. The van der Waals surface area contributed by atoms with Gasteiger partial charge in [0.25, 0.3) is 0 Å². The van der Waals surface area contributed by atoms with Crippen LogP contribution in [-0.4, -0.2) is 18.4 Å². The molecule has 25 heavy (non-hydrogen) atoms. The second-order valence-corrected chi connectivity index (χ2v) is 7.01. The largest absolute Gasteiger partial charge is 0.326 e. The third-order valence-corrected chi connectivity index (χ3v) is 4.65. The number of carbonyl (C=O) groups is 2. The fraction of sp³-hybridized carbons (Fsp3) is 0.333. The summed E-state index contributed by atoms with van der Waals surface area (Å²) in [4.78, 5) is 26.6. The smallest absolute Gasteiger partial charge is 0.229 e. The van der Waals surface area contributed by atoms with Crippen LogP contribution in [0.25, 0.3) is 0 Å². The minimum Gasteiger partial charge on any atom is -0.326 e. The average molecular weight is 336 g/mol. The van der Waals surface area contributed by atoms with Gasteiger partial charge in [0, 0.05) is 24.3 Å². The molecule has 2 amide bonds. The number of hydrogen-bond donors (Lipinski definition) is 1. The van der Waals surface area contributed by atoms with E-state index < -0.39 is 0 Å². The predicted molar refractivity (Wildman–Crippen MR) is 101 cm³/mol. The molecule has 0 saturated carbocycles. The standard InChI is InChI=1S/C21H24N2O2/c1-14(2)16-7-9-18(10-8-16)22-21(25)17-12-20(24)23(13-17)19-6-4-5-15(3)11-19/h4-11,14,17H,12-13H2,1-3H3,(H,22,25)/t17-/m0/s1. The van der Waals surface area contributed by atoms with Crippen LogP contribution in [0.1, 0.15) is 37.3 Å². The molecule has 1 saturated heterocycles. The Morgan fingerprint density at radius 2 is 1.88 bits per heavy atom. The highest BCUT2D eigenvalue weighted by atomic mass is 16.2. The van der Waals surface area contributed by atoms with Crippen molar-refractivity contribution in [3.63, 3.8) is 0 Å². The number of rotatable bonds is 4. The van der Waals surface area contributed by atoms with Crippen LogP contribution in [0.5, 0.6) is 0 Å². The first-order valence-electron chi connectivity index (χ1n) is 8.72. The van der Waals surface area contributed by atoms with Crippen molar-refractivity contribution in [1.29, 1.82) is 0 Å². The van der Waals surface area contributed by atoms with Gasteiger partial charge in [-0.05, 0) is 48.2 Å². The Morgan fingerprint density at radius 3 is 2.52 bits per heavy atom. The van der Waals surface area contributed by atoms with Crippen LogP contribution in [0.2, 0.25) is 0 Å². The molecule has 4 heteroatoms. The van der Waals surface area contributed by atoms with E-state index in [1.54, 1.807) is 4.90 Å². The second kappa shape index (κ2) is 7.09. The van der Waals surface area contributed by atoms with E-state index in [2.05, 4.69) is 19.2 Å². The van der Waals surface area contributed by atoms with E-state index in [0.717, 1.165) is 16.9 Å². The van der Waals surface area contributed by atoms with Crippen LogP contribution < -0.4 is 10.2 Å². The number of hydrogen-bond acceptors (Lipinski definition) is 2. The summed E-state index contributed by atoms with van der Waals surface area (Å²) >= 11 is 0. The monoisotopic (exact) mass is 336 g/mol. The highest BCUT2D eigenvalue weighted by Gasteiger charge is 2.35. The topological polar surface area (TPSA) is 49.4 Å². The molecular formula is C21H24N2O2. The lowest BCUT2D eigenvalue weighted by atomic mass is 10.0. The third-order valence-electron chi connectivity index (χ3n) is 4.65. The number of amides is 2. The van der Waals surface area contributed by atoms with Crippen molar-refractivity contribution >= 4 is 23.2 Å². The Bertz CT molecular complexity index is 781. The van der Waals surface area contributed by atoms with E-state index >= 15 is 0 Å². The molecule has 4 nitrogen and oxygen atoms in total. The maximum Gasteiger partial charge on any atom is 0.229 e. The fourth-order valence-electron chi connectivity index (χ4n) is 3.12. The van der Waals surface area contributed by atoms with Gasteiger partial charge in [0.2, 0.25) is 11.8 Å². The van der Waals surface area contributed by atoms with Gasteiger partial charge in [-0.25, -0.2) is 0 Å². The molecular weight excluding hydrogens is 312 g/mol. The average Bonchev–Trinajstić information content (AvgIpc) is 2.97. The number of anilines is 2. The number of aryl methyl sites for hydroxylation is 1. The molecule has 3 rings (SSSR count). The van der Waals surface area contributed by atoms with Crippen LogP contribution in [0.3, 0.4) is 0 Å². The Balaban J connectivity index is 1.66. The Labute approximate surface area is 148 Å². The highest BCUT2D eigenvalue weighted by Crippen LogP contribution is 2.27. The zero-order chi connectivity index (χ0) is 18.0. The summed E-state index contributed by atoms with van der Waals surface area (Å²) in [5.74, 6) is 0.0413. The molecule has 0 spiro atoms. The number of nitrogens with one attached hydrogen (secondary N) is 1. The van der Waals surface area contributed by atoms with Crippen molar-refractivity contribution in [3.8, 4) is 0 Å². The molecule has 1 aliphatic rings. The molecule has 0 aliphatic carbocycles. The van der Waals surface area contributed by atoms with Crippen molar-refractivity contribution in [3.05, 3.63) is 59.7 Å². The van der Waals surface area contributed by atoms with Crippen LogP contribution >= 0.6 is 0 Å². The quantitative estimate of drug-likeness (QED) is 0.913. The summed E-state index contributed by atoms with van der Waals surface area (Å²) in [6, 6.07) is 15.7. The van der Waals surface area contributed by atoms with Crippen molar-refractivity contribution < 1.29 is 9.59 Å². The van der Waals surface area contributed by atoms with E-state index in [1.807, 2.05) is 55.5 Å². The zero-order valence-electron chi connectivity index (χ0n) is 15.0. The minimum absolute atomic E-state index is 0.000839. The molecule has 2 aromatic rings. The lowest BCUT2D eigenvalue weighted by Gasteiger charge is -2.17. The molecule has 1 aliphatic heterocycles. The van der Waals surface area contributed by atoms with E-state index in [4.69, 9.17) is 0 Å². The fourth-order valence-corrected chi connectivity index (χ4v) is 3.12. The first kappa shape index (κ1) is 17.2. The Hall–Kier alpha value is -2.62. The van der Waals surface area contributed by atoms with Crippen LogP contribution in [0.4, 0.5) is 11.4 Å². The molecule has 0 radical (unpaired) electrons. The molecule has 1 atom stereocenters. The number of nitrogens with zero attached hydrogens (tertiary/aromatic N) is 1. The number of benzene rings is 2. The molecule has 0 aromatic heterocycles. The molecule has 1 N–H and O–H groups in total. The van der Waals surface area contributed by atoms with Crippen molar-refractivity contribution in [2.45, 2.75) is 33.1 Å². The van der Waals surface area contributed by atoms with E-state index in [9.17, 15) is 9.59 Å². The summed E-state index contributed by atoms with van der Waals surface area (Å²) in [5.41, 5.74) is 3.97. The molecule has 0 bridgehead atoms. The maximum absolute atomic E-state index is 12.5. The Kier molecular flexibility index (Phi) is 4.88. The SMILES string of the molecule is Cc1cccc(N2C[C@@H](C(=O)Nc3ccc(C(C)C)cc3)CC2=O)c1. The van der Waals surface area contributed by atoms with Gasteiger partial charge in [0.15, 0.2) is 0 Å². The van der Waals surface area contributed by atoms with Crippen LogP contribution in [0.15, 0.2) is 48.5 Å². The van der Waals surface area contributed by atoms with E-state index in [-0.39, 0.29) is 24.2 Å². The van der Waals surface area contributed by atoms with Crippen molar-refractivity contribution in [1.82, 2.24) is 0 Å². The van der Waals surface area contributed by atoms with Gasteiger partial charge < -0.3 is 10.2 Å². The van der Waals surface area contributed by atoms with Crippen molar-refractivity contribution in [2.24, 2.45) is 5.92 Å².